The van der Waals surface area contributed by atoms with Crippen LogP contribution in [0.25, 0.3) is 11.4 Å². The van der Waals surface area contributed by atoms with Gasteiger partial charge >= 0.3 is 6.09 Å². The van der Waals surface area contributed by atoms with Crippen LogP contribution in [-0.2, 0) is 14.6 Å². The van der Waals surface area contributed by atoms with Crippen LogP contribution >= 0.6 is 11.5 Å². The van der Waals surface area contributed by atoms with E-state index in [4.69, 9.17) is 4.74 Å². The van der Waals surface area contributed by atoms with E-state index in [1.807, 2.05) is 0 Å². The summed E-state index contributed by atoms with van der Waals surface area (Å²) in [6, 6.07) is 6.23. The number of hydrogen-bond donors (Lipinski definition) is 1. The van der Waals surface area contributed by atoms with Gasteiger partial charge in [-0.2, -0.15) is 9.36 Å². The van der Waals surface area contributed by atoms with Gasteiger partial charge in [0.1, 0.15) is 5.60 Å². The molecule has 7 nitrogen and oxygen atoms in total. The Hall–Kier alpha value is -2.00. The number of nitrogens with zero attached hydrogens (tertiary/aromatic N) is 2. The molecule has 0 radical (unpaired) electrons. The fourth-order valence-corrected chi connectivity index (χ4v) is 2.84. The number of sulfone groups is 1. The monoisotopic (exact) mass is 355 g/mol. The van der Waals surface area contributed by atoms with Crippen LogP contribution in [0.5, 0.6) is 0 Å². The van der Waals surface area contributed by atoms with Crippen molar-refractivity contribution in [3.63, 3.8) is 0 Å². The summed E-state index contributed by atoms with van der Waals surface area (Å²) in [4.78, 5) is 16.1. The van der Waals surface area contributed by atoms with Crippen LogP contribution in [-0.4, -0.2) is 35.7 Å². The largest absolute Gasteiger partial charge is 0.444 e. The van der Waals surface area contributed by atoms with E-state index in [9.17, 15) is 13.2 Å². The molecule has 0 saturated heterocycles. The molecule has 1 aromatic heterocycles. The van der Waals surface area contributed by atoms with Crippen LogP contribution in [0, 0.1) is 0 Å². The molecule has 1 aromatic carbocycles. The van der Waals surface area contributed by atoms with Crippen molar-refractivity contribution < 1.29 is 17.9 Å². The number of benzene rings is 1. The average Bonchev–Trinajstić information content (AvgIpc) is 2.84. The van der Waals surface area contributed by atoms with E-state index in [1.165, 1.54) is 12.1 Å². The van der Waals surface area contributed by atoms with Crippen LogP contribution < -0.4 is 5.32 Å². The number of rotatable bonds is 3. The highest BCUT2D eigenvalue weighted by Gasteiger charge is 2.18. The van der Waals surface area contributed by atoms with Gasteiger partial charge in [0, 0.05) is 23.4 Å². The second-order valence-electron chi connectivity index (χ2n) is 5.85. The van der Waals surface area contributed by atoms with Crippen LogP contribution in [0.2, 0.25) is 0 Å². The summed E-state index contributed by atoms with van der Waals surface area (Å²) in [5.41, 5.74) is 0.0601. The fourth-order valence-electron chi connectivity index (χ4n) is 1.63. The number of hydrogen-bond acceptors (Lipinski definition) is 7. The highest BCUT2D eigenvalue weighted by molar-refractivity contribution is 7.90. The molecular formula is C14H17N3O4S2. The normalized spacial score (nSPS) is 12.0. The lowest BCUT2D eigenvalue weighted by atomic mass is 10.2. The predicted octanol–water partition coefficient (Wildman–Crippen LogP) is 2.96. The molecule has 2 aromatic rings. The van der Waals surface area contributed by atoms with Crippen LogP contribution in [0.3, 0.4) is 0 Å². The lowest BCUT2D eigenvalue weighted by Gasteiger charge is -2.18. The third kappa shape index (κ3) is 5.00. The molecule has 1 heterocycles. The van der Waals surface area contributed by atoms with Gasteiger partial charge in [0.2, 0.25) is 5.13 Å². The van der Waals surface area contributed by atoms with Gasteiger partial charge in [-0.05, 0) is 45.0 Å². The maximum Gasteiger partial charge on any atom is 0.414 e. The second-order valence-corrected chi connectivity index (χ2v) is 8.61. The number of nitrogens with one attached hydrogen (secondary N) is 1. The molecule has 1 amide bonds. The summed E-state index contributed by atoms with van der Waals surface area (Å²) in [7, 11) is -3.24. The zero-order valence-electron chi connectivity index (χ0n) is 13.2. The van der Waals surface area contributed by atoms with Crippen molar-refractivity contribution in [3.05, 3.63) is 24.3 Å². The topological polar surface area (TPSA) is 98.2 Å². The van der Waals surface area contributed by atoms with Crippen molar-refractivity contribution in [2.24, 2.45) is 0 Å². The first-order valence-corrected chi connectivity index (χ1v) is 9.35. The Morgan fingerprint density at radius 3 is 2.35 bits per heavy atom. The summed E-state index contributed by atoms with van der Waals surface area (Å²) in [6.45, 7) is 5.30. The number of amides is 1. The number of carbonyl (C=O) groups is 1. The summed E-state index contributed by atoms with van der Waals surface area (Å²) in [5.74, 6) is 0.404. The maximum absolute atomic E-state index is 11.7. The molecule has 0 aliphatic heterocycles. The van der Waals surface area contributed by atoms with Crippen LogP contribution in [0.4, 0.5) is 9.93 Å². The number of anilines is 1. The summed E-state index contributed by atoms with van der Waals surface area (Å²) < 4.78 is 32.1. The third-order valence-corrected chi connectivity index (χ3v) is 4.33. The van der Waals surface area contributed by atoms with Gasteiger partial charge in [-0.1, -0.05) is 0 Å². The Balaban J connectivity index is 2.12. The minimum atomic E-state index is -3.24. The number of ether oxygens (including phenoxy) is 1. The molecule has 0 saturated carbocycles. The Morgan fingerprint density at radius 1 is 1.22 bits per heavy atom. The van der Waals surface area contributed by atoms with E-state index in [2.05, 4.69) is 14.7 Å². The molecule has 0 unspecified atom stereocenters. The molecular weight excluding hydrogens is 338 g/mol. The zero-order valence-corrected chi connectivity index (χ0v) is 14.8. The molecule has 124 valence electrons. The quantitative estimate of drug-likeness (QED) is 0.909. The van der Waals surface area contributed by atoms with Crippen molar-refractivity contribution in [2.75, 3.05) is 11.6 Å². The Bertz CT molecular complexity index is 805. The van der Waals surface area contributed by atoms with Crippen molar-refractivity contribution >= 4 is 32.6 Å². The van der Waals surface area contributed by atoms with E-state index in [1.54, 1.807) is 32.9 Å². The molecule has 23 heavy (non-hydrogen) atoms. The van der Waals surface area contributed by atoms with Gasteiger partial charge in [-0.15, -0.1) is 0 Å². The Kier molecular flexibility index (Phi) is 4.71. The van der Waals surface area contributed by atoms with Gasteiger partial charge in [0.05, 0.1) is 4.90 Å². The summed E-state index contributed by atoms with van der Waals surface area (Å²) in [5, 5.41) is 2.82. The van der Waals surface area contributed by atoms with Crippen LogP contribution in [0.15, 0.2) is 29.2 Å². The van der Waals surface area contributed by atoms with Crippen LogP contribution in [0.1, 0.15) is 20.8 Å². The van der Waals surface area contributed by atoms with Crippen molar-refractivity contribution in [1.82, 2.24) is 9.36 Å². The SMILES string of the molecule is CC(C)(C)OC(=O)Nc1nc(-c2ccc(S(C)(=O)=O)cc2)ns1. The van der Waals surface area contributed by atoms with Gasteiger partial charge in [-0.25, -0.2) is 13.2 Å². The predicted molar refractivity (Wildman–Crippen MR) is 88.3 cm³/mol. The molecule has 0 atom stereocenters. The summed E-state index contributed by atoms with van der Waals surface area (Å²) >= 11 is 1.02. The highest BCUT2D eigenvalue weighted by Crippen LogP contribution is 2.23. The minimum absolute atomic E-state index is 0.226. The molecule has 0 bridgehead atoms. The average molecular weight is 355 g/mol. The van der Waals surface area contributed by atoms with Gasteiger partial charge in [0.25, 0.3) is 0 Å². The van der Waals surface area contributed by atoms with Crippen molar-refractivity contribution in [1.29, 1.82) is 0 Å². The lowest BCUT2D eigenvalue weighted by Crippen LogP contribution is -2.27. The fraction of sp³-hybridized carbons (Fsp3) is 0.357. The van der Waals surface area contributed by atoms with Crippen molar-refractivity contribution in [3.8, 4) is 11.4 Å². The van der Waals surface area contributed by atoms with E-state index in [0.29, 0.717) is 16.5 Å². The highest BCUT2D eigenvalue weighted by atomic mass is 32.2. The van der Waals surface area contributed by atoms with Crippen molar-refractivity contribution in [2.45, 2.75) is 31.3 Å². The van der Waals surface area contributed by atoms with E-state index in [-0.39, 0.29) is 4.90 Å². The van der Waals surface area contributed by atoms with E-state index >= 15 is 0 Å². The Labute approximate surface area is 138 Å². The molecule has 0 aliphatic carbocycles. The molecule has 0 spiro atoms. The first-order valence-electron chi connectivity index (χ1n) is 6.69. The van der Waals surface area contributed by atoms with Gasteiger partial charge in [-0.3, -0.25) is 5.32 Å². The summed E-state index contributed by atoms with van der Waals surface area (Å²) in [6.07, 6.45) is 0.541. The first-order chi connectivity index (χ1) is 10.5. The molecule has 1 N–H and O–H groups in total. The second kappa shape index (κ2) is 6.25. The third-order valence-electron chi connectivity index (χ3n) is 2.57. The molecule has 9 heteroatoms. The lowest BCUT2D eigenvalue weighted by molar-refractivity contribution is 0.0636. The van der Waals surface area contributed by atoms with Gasteiger partial charge < -0.3 is 4.74 Å². The van der Waals surface area contributed by atoms with Gasteiger partial charge in [0.15, 0.2) is 15.7 Å². The maximum atomic E-state index is 11.7. The number of carbonyl (C=O) groups excluding carboxylic acids is 1. The van der Waals surface area contributed by atoms with E-state index < -0.39 is 21.5 Å². The first kappa shape index (κ1) is 17.4. The molecule has 0 fully saturated rings. The smallest absolute Gasteiger partial charge is 0.414 e. The van der Waals surface area contributed by atoms with E-state index in [0.717, 1.165) is 17.8 Å². The molecule has 0 aliphatic rings. The standard InChI is InChI=1S/C14H17N3O4S2/c1-14(2,3)21-13(18)16-12-15-11(17-22-12)9-5-7-10(8-6-9)23(4,19)20/h5-8H,1-4H3,(H,15,16,17,18). The Morgan fingerprint density at radius 2 is 1.83 bits per heavy atom. The minimum Gasteiger partial charge on any atom is -0.444 e. The number of aromatic nitrogens is 2. The zero-order chi connectivity index (χ0) is 17.3. The molecule has 2 rings (SSSR count).